The highest BCUT2D eigenvalue weighted by molar-refractivity contribution is 5.88. The number of rotatable bonds is 2. The first-order chi connectivity index (χ1) is 13.0. The average molecular weight is 372 g/mol. The van der Waals surface area contributed by atoms with Crippen molar-refractivity contribution >= 4 is 23.2 Å². The molecular weight excluding hydrogens is 344 g/mol. The number of aromatic nitrogens is 2. The molecule has 8 heteroatoms. The van der Waals surface area contributed by atoms with Gasteiger partial charge < -0.3 is 21.7 Å². The van der Waals surface area contributed by atoms with Crippen molar-refractivity contribution < 1.29 is 9.59 Å². The number of hydrogen-bond donors (Lipinski definition) is 4. The number of carbonyl (C=O) groups is 2. The zero-order valence-corrected chi connectivity index (χ0v) is 15.8. The van der Waals surface area contributed by atoms with E-state index < -0.39 is 0 Å². The number of nitrogens with two attached hydrogens (primary N) is 1. The second-order valence-corrected chi connectivity index (χ2v) is 5.95. The lowest BCUT2D eigenvalue weighted by atomic mass is 10.1. The number of amides is 2. The third-order valence-electron chi connectivity index (χ3n) is 3.37. The molecule has 5 N–H and O–H groups in total. The summed E-state index contributed by atoms with van der Waals surface area (Å²) in [6.07, 6.45) is 8.85. The first-order valence-corrected chi connectivity index (χ1v) is 8.78. The lowest BCUT2D eigenvalue weighted by Crippen LogP contribution is -2.44. The van der Waals surface area contributed by atoms with Gasteiger partial charge in [0, 0.05) is 45.0 Å². The predicted octanol–water partition coefficient (Wildman–Crippen LogP) is 1.58. The SMILES string of the molecule is CC(=O)NC1CCCNC1.CC(=O)Nc1cccnc1.Nc1cccnc1. The summed E-state index contributed by atoms with van der Waals surface area (Å²) in [7, 11) is 0. The van der Waals surface area contributed by atoms with Gasteiger partial charge in [0.25, 0.3) is 0 Å². The molecule has 0 bridgehead atoms. The molecule has 1 aliphatic heterocycles. The molecule has 2 aromatic rings. The van der Waals surface area contributed by atoms with Crippen LogP contribution in [0.15, 0.2) is 49.1 Å². The molecule has 1 atom stereocenters. The number of nitrogen functional groups attached to an aromatic ring is 1. The van der Waals surface area contributed by atoms with Crippen molar-refractivity contribution in [1.82, 2.24) is 20.6 Å². The number of carbonyl (C=O) groups excluding carboxylic acids is 2. The number of pyridine rings is 2. The Labute approximate surface area is 160 Å². The monoisotopic (exact) mass is 372 g/mol. The molecular formula is C19H28N6O2. The van der Waals surface area contributed by atoms with Gasteiger partial charge in [-0.05, 0) is 43.7 Å². The third-order valence-corrected chi connectivity index (χ3v) is 3.37. The first-order valence-electron chi connectivity index (χ1n) is 8.78. The molecule has 2 amide bonds. The molecule has 2 aromatic heterocycles. The molecule has 8 nitrogen and oxygen atoms in total. The van der Waals surface area contributed by atoms with Gasteiger partial charge in [0.15, 0.2) is 0 Å². The van der Waals surface area contributed by atoms with Crippen molar-refractivity contribution in [3.8, 4) is 0 Å². The third kappa shape index (κ3) is 12.1. The second-order valence-electron chi connectivity index (χ2n) is 5.95. The number of nitrogens with one attached hydrogen (secondary N) is 3. The zero-order chi connectivity index (χ0) is 19.9. The summed E-state index contributed by atoms with van der Waals surface area (Å²) >= 11 is 0. The fraction of sp³-hybridized carbons (Fsp3) is 0.368. The molecule has 0 aromatic carbocycles. The van der Waals surface area contributed by atoms with Gasteiger partial charge in [0.05, 0.1) is 17.6 Å². The van der Waals surface area contributed by atoms with E-state index in [1.165, 1.54) is 13.3 Å². The van der Waals surface area contributed by atoms with Crippen molar-refractivity contribution in [2.75, 3.05) is 24.1 Å². The Morgan fingerprint density at radius 3 is 2.22 bits per heavy atom. The topological polar surface area (TPSA) is 122 Å². The van der Waals surface area contributed by atoms with Crippen LogP contribution in [0.1, 0.15) is 26.7 Å². The maximum absolute atomic E-state index is 10.6. The van der Waals surface area contributed by atoms with Crippen molar-refractivity contribution in [2.24, 2.45) is 0 Å². The number of nitrogens with zero attached hydrogens (tertiary/aromatic N) is 2. The fourth-order valence-corrected chi connectivity index (χ4v) is 2.28. The lowest BCUT2D eigenvalue weighted by molar-refractivity contribution is -0.119. The van der Waals surface area contributed by atoms with E-state index in [1.54, 1.807) is 56.0 Å². The molecule has 27 heavy (non-hydrogen) atoms. The van der Waals surface area contributed by atoms with Crippen molar-refractivity contribution in [3.63, 3.8) is 0 Å². The Bertz CT molecular complexity index is 660. The Morgan fingerprint density at radius 1 is 1.11 bits per heavy atom. The van der Waals surface area contributed by atoms with Crippen LogP contribution in [0.3, 0.4) is 0 Å². The van der Waals surface area contributed by atoms with Gasteiger partial charge in [-0.1, -0.05) is 0 Å². The second kappa shape index (κ2) is 13.2. The molecule has 0 radical (unpaired) electrons. The lowest BCUT2D eigenvalue weighted by Gasteiger charge is -2.22. The summed E-state index contributed by atoms with van der Waals surface area (Å²) in [4.78, 5) is 28.6. The van der Waals surface area contributed by atoms with Crippen LogP contribution in [0.25, 0.3) is 0 Å². The van der Waals surface area contributed by atoms with E-state index in [1.807, 2.05) is 0 Å². The van der Waals surface area contributed by atoms with E-state index in [2.05, 4.69) is 25.9 Å². The van der Waals surface area contributed by atoms with Gasteiger partial charge in [0.2, 0.25) is 11.8 Å². The number of hydrogen-bond acceptors (Lipinski definition) is 6. The van der Waals surface area contributed by atoms with Crippen LogP contribution in [0.4, 0.5) is 11.4 Å². The summed E-state index contributed by atoms with van der Waals surface area (Å²) in [5.41, 5.74) is 6.74. The maximum Gasteiger partial charge on any atom is 0.221 e. The van der Waals surface area contributed by atoms with Gasteiger partial charge in [-0.15, -0.1) is 0 Å². The highest BCUT2D eigenvalue weighted by Gasteiger charge is 2.12. The average Bonchev–Trinajstić information content (AvgIpc) is 2.64. The summed E-state index contributed by atoms with van der Waals surface area (Å²) in [5, 5.41) is 8.71. The quantitative estimate of drug-likeness (QED) is 0.635. The van der Waals surface area contributed by atoms with Crippen LogP contribution in [-0.4, -0.2) is 40.9 Å². The Kier molecular flexibility index (Phi) is 10.8. The Balaban J connectivity index is 0.000000206. The van der Waals surface area contributed by atoms with Crippen LogP contribution in [0.5, 0.6) is 0 Å². The molecule has 1 aliphatic rings. The zero-order valence-electron chi connectivity index (χ0n) is 15.8. The largest absolute Gasteiger partial charge is 0.397 e. The van der Waals surface area contributed by atoms with E-state index >= 15 is 0 Å². The molecule has 1 saturated heterocycles. The van der Waals surface area contributed by atoms with E-state index in [0.29, 0.717) is 11.7 Å². The Morgan fingerprint density at radius 2 is 1.81 bits per heavy atom. The molecule has 0 saturated carbocycles. The Hall–Kier alpha value is -3.00. The van der Waals surface area contributed by atoms with Gasteiger partial charge in [-0.3, -0.25) is 19.6 Å². The van der Waals surface area contributed by atoms with Crippen molar-refractivity contribution in [3.05, 3.63) is 49.1 Å². The maximum atomic E-state index is 10.6. The molecule has 1 fully saturated rings. The molecule has 0 spiro atoms. The predicted molar refractivity (Wildman–Crippen MR) is 107 cm³/mol. The minimum absolute atomic E-state index is 0.0759. The minimum atomic E-state index is -0.0759. The summed E-state index contributed by atoms with van der Waals surface area (Å²) in [5.74, 6) is 0.00157. The van der Waals surface area contributed by atoms with Gasteiger partial charge in [-0.2, -0.15) is 0 Å². The van der Waals surface area contributed by atoms with E-state index in [-0.39, 0.29) is 11.8 Å². The molecule has 1 unspecified atom stereocenters. The normalized spacial score (nSPS) is 15.1. The molecule has 146 valence electrons. The highest BCUT2D eigenvalue weighted by atomic mass is 16.2. The fourth-order valence-electron chi connectivity index (χ4n) is 2.28. The standard InChI is InChI=1S/C7H14N2O.C7H8N2O.C5H6N2/c2*1-6(10)9-7-3-2-4-8-5-7;6-5-2-1-3-7-4-5/h7-8H,2-5H2,1H3,(H,9,10);2-5H,1H3,(H,9,10);1-4H,6H2. The van der Waals surface area contributed by atoms with Crippen LogP contribution < -0.4 is 21.7 Å². The van der Waals surface area contributed by atoms with E-state index in [4.69, 9.17) is 5.73 Å². The van der Waals surface area contributed by atoms with Crippen molar-refractivity contribution in [2.45, 2.75) is 32.7 Å². The smallest absolute Gasteiger partial charge is 0.221 e. The van der Waals surface area contributed by atoms with Gasteiger partial charge in [0.1, 0.15) is 0 Å². The molecule has 0 aliphatic carbocycles. The van der Waals surface area contributed by atoms with E-state index in [0.717, 1.165) is 25.2 Å². The van der Waals surface area contributed by atoms with Crippen LogP contribution in [-0.2, 0) is 9.59 Å². The van der Waals surface area contributed by atoms with Crippen LogP contribution >= 0.6 is 0 Å². The number of anilines is 2. The minimum Gasteiger partial charge on any atom is -0.397 e. The van der Waals surface area contributed by atoms with Crippen LogP contribution in [0.2, 0.25) is 0 Å². The summed E-state index contributed by atoms with van der Waals surface area (Å²) in [6.45, 7) is 5.05. The number of piperidine rings is 1. The van der Waals surface area contributed by atoms with Gasteiger partial charge in [-0.25, -0.2) is 0 Å². The molecule has 3 heterocycles. The first kappa shape index (κ1) is 22.0. The highest BCUT2D eigenvalue weighted by Crippen LogP contribution is 2.01. The summed E-state index contributed by atoms with van der Waals surface area (Å²) < 4.78 is 0. The van der Waals surface area contributed by atoms with E-state index in [9.17, 15) is 9.59 Å². The van der Waals surface area contributed by atoms with Crippen molar-refractivity contribution in [1.29, 1.82) is 0 Å². The van der Waals surface area contributed by atoms with Crippen LogP contribution in [0, 0.1) is 0 Å². The molecule has 3 rings (SSSR count). The van der Waals surface area contributed by atoms with Gasteiger partial charge >= 0.3 is 0 Å². The summed E-state index contributed by atoms with van der Waals surface area (Å²) in [6, 6.07) is 7.52.